The van der Waals surface area contributed by atoms with E-state index in [1.807, 2.05) is 0 Å². The summed E-state index contributed by atoms with van der Waals surface area (Å²) in [6, 6.07) is 20.6. The molecule has 0 aliphatic rings. The van der Waals surface area contributed by atoms with Crippen LogP contribution in [-0.2, 0) is 54.9 Å². The smallest absolute Gasteiger partial charge is 0.744 e. The number of carboxylic acid groups (broad SMARTS) is 1. The Kier molecular flexibility index (Phi) is 26.1. The van der Waals surface area contributed by atoms with Crippen LogP contribution in [0.2, 0.25) is 0 Å². The number of nitrogen functional groups attached to an aromatic ring is 2. The van der Waals surface area contributed by atoms with Gasteiger partial charge in [-0.2, -0.15) is 16.8 Å². The van der Waals surface area contributed by atoms with Crippen molar-refractivity contribution < 1.29 is 130 Å². The summed E-state index contributed by atoms with van der Waals surface area (Å²) in [5, 5.41) is 12.3. The minimum atomic E-state index is -4.41. The van der Waals surface area contributed by atoms with Gasteiger partial charge >= 0.3 is 59.1 Å². The number of aliphatic carboxylic acids is 1. The van der Waals surface area contributed by atoms with E-state index in [-0.39, 0.29) is 90.5 Å². The molecule has 0 saturated heterocycles. The maximum atomic E-state index is 10.6. The second-order valence-corrected chi connectivity index (χ2v) is 15.5. The summed E-state index contributed by atoms with van der Waals surface area (Å²) in [4.78, 5) is 29.3. The molecule has 0 aromatic heterocycles. The standard InChI is InChI=1S/2C8H9NO4S.2C6H7NO3S.C2H4O2.2Na/c2*1-6(10)9-7-2-4-8(5-3-7)14(11,12)13;2*7-5-1-3-6(4-2-5)11(8,9)10;1-2(3)4;;/h2*2-5H,1H3,(H,9,10)(H,11,12,13);2*1-4H,7H2,(H,8,9,10);1H3,(H,3,4);;/q;;;;;2*+1/p-2. The van der Waals surface area contributed by atoms with Crippen molar-refractivity contribution in [3.8, 4) is 0 Å². The van der Waals surface area contributed by atoms with Crippen LogP contribution in [0.25, 0.3) is 0 Å². The van der Waals surface area contributed by atoms with E-state index in [2.05, 4.69) is 10.6 Å². The van der Waals surface area contributed by atoms with E-state index >= 15 is 0 Å². The summed E-state index contributed by atoms with van der Waals surface area (Å²) in [7, 11) is -17.0. The third-order valence-corrected chi connectivity index (χ3v) is 8.72. The van der Waals surface area contributed by atoms with Crippen LogP contribution in [0.15, 0.2) is 117 Å². The van der Waals surface area contributed by atoms with E-state index in [1.54, 1.807) is 0 Å². The zero-order chi connectivity index (χ0) is 42.1. The number of nitrogens with one attached hydrogen (secondary N) is 2. The van der Waals surface area contributed by atoms with Crippen molar-refractivity contribution in [3.63, 3.8) is 0 Å². The van der Waals surface area contributed by atoms with Gasteiger partial charge in [-0.05, 0) is 97.1 Å². The van der Waals surface area contributed by atoms with Crippen molar-refractivity contribution in [1.29, 1.82) is 0 Å². The second kappa shape index (κ2) is 25.7. The van der Waals surface area contributed by atoms with Crippen molar-refractivity contribution in [2.24, 2.45) is 0 Å². The molecule has 2 amide bonds. The van der Waals surface area contributed by atoms with Crippen molar-refractivity contribution in [2.45, 2.75) is 40.4 Å². The molecule has 9 N–H and O–H groups in total. The molecule has 20 nitrogen and oxygen atoms in total. The molecule has 0 atom stereocenters. The monoisotopic (exact) mass is 880 g/mol. The van der Waals surface area contributed by atoms with Crippen LogP contribution in [-0.4, -0.2) is 74.8 Å². The number of carbonyl (C=O) groups excluding carboxylic acids is 2. The first kappa shape index (κ1) is 56.9. The summed E-state index contributed by atoms with van der Waals surface area (Å²) in [5.74, 6) is -1.34. The van der Waals surface area contributed by atoms with Crippen LogP contribution in [0, 0.1) is 0 Å². The number of hydrogen-bond acceptors (Lipinski definition) is 15. The van der Waals surface area contributed by atoms with Crippen molar-refractivity contribution in [2.75, 3.05) is 22.1 Å². The Morgan fingerprint density at radius 2 is 0.679 bits per heavy atom. The van der Waals surface area contributed by atoms with Crippen LogP contribution < -0.4 is 81.2 Å². The van der Waals surface area contributed by atoms with Crippen LogP contribution in [0.4, 0.5) is 22.7 Å². The van der Waals surface area contributed by atoms with Gasteiger partial charge in [-0.25, -0.2) is 16.8 Å². The molecule has 26 heteroatoms. The zero-order valence-corrected chi connectivity index (χ0v) is 37.4. The average molecular weight is 881 g/mol. The largest absolute Gasteiger partial charge is 1.00 e. The molecule has 4 aromatic carbocycles. The molecular weight excluding hydrogens is 847 g/mol. The minimum absolute atomic E-state index is 0. The van der Waals surface area contributed by atoms with E-state index in [1.165, 1.54) is 98.8 Å². The molecule has 0 fully saturated rings. The fourth-order valence-electron chi connectivity index (χ4n) is 3.10. The van der Waals surface area contributed by atoms with E-state index in [0.717, 1.165) is 19.1 Å². The predicted octanol–water partition coefficient (Wildman–Crippen LogP) is -3.77. The molecule has 0 aliphatic heterocycles. The third kappa shape index (κ3) is 26.4. The van der Waals surface area contributed by atoms with Gasteiger partial charge in [-0.15, -0.1) is 0 Å². The fourth-order valence-corrected chi connectivity index (χ4v) is 4.99. The molecule has 56 heavy (non-hydrogen) atoms. The summed E-state index contributed by atoms with van der Waals surface area (Å²) in [6.45, 7) is 3.76. The summed E-state index contributed by atoms with van der Waals surface area (Å²) < 4.78 is 122. The Morgan fingerprint density at radius 3 is 0.875 bits per heavy atom. The Balaban J connectivity index is -0.000000643. The number of rotatable bonds is 6. The molecule has 0 aliphatic carbocycles. The van der Waals surface area contributed by atoms with E-state index in [4.69, 9.17) is 30.5 Å². The Labute approximate surface area is 367 Å². The first-order valence-electron chi connectivity index (χ1n) is 14.0. The Bertz CT molecular complexity index is 2150. The van der Waals surface area contributed by atoms with Gasteiger partial charge in [0.1, 0.15) is 20.2 Å². The van der Waals surface area contributed by atoms with Gasteiger partial charge < -0.3 is 36.3 Å². The summed E-state index contributed by atoms with van der Waals surface area (Å²) in [6.07, 6.45) is 0. The molecule has 0 heterocycles. The van der Waals surface area contributed by atoms with Crippen molar-refractivity contribution in [3.05, 3.63) is 97.1 Å². The van der Waals surface area contributed by atoms with Crippen molar-refractivity contribution in [1.82, 2.24) is 0 Å². The second-order valence-electron chi connectivity index (χ2n) is 9.93. The summed E-state index contributed by atoms with van der Waals surface area (Å²) >= 11 is 0. The number of amides is 2. The molecule has 0 unspecified atom stereocenters. The molecular formula is C30H34N4Na2O16S4. The minimum Gasteiger partial charge on any atom is -0.744 e. The molecule has 4 rings (SSSR count). The van der Waals surface area contributed by atoms with Crippen LogP contribution in [0.1, 0.15) is 20.8 Å². The molecule has 4 aromatic rings. The molecule has 0 spiro atoms. The van der Waals surface area contributed by atoms with Crippen LogP contribution >= 0.6 is 0 Å². The van der Waals surface area contributed by atoms with E-state index < -0.39 is 46.4 Å². The maximum absolute atomic E-state index is 10.6. The van der Waals surface area contributed by atoms with Gasteiger partial charge in [0.05, 0.1) is 19.6 Å². The van der Waals surface area contributed by atoms with Gasteiger partial charge in [0, 0.05) is 43.5 Å². The maximum Gasteiger partial charge on any atom is 1.00 e. The van der Waals surface area contributed by atoms with Gasteiger partial charge in [0.15, 0.2) is 0 Å². The number of carboxylic acids is 1. The topological polar surface area (TPSA) is 371 Å². The third-order valence-electron chi connectivity index (χ3n) is 5.28. The normalized spacial score (nSPS) is 10.4. The fraction of sp³-hybridized carbons (Fsp3) is 0.100. The van der Waals surface area contributed by atoms with Crippen LogP contribution in [0.5, 0.6) is 0 Å². The predicted molar refractivity (Wildman–Crippen MR) is 192 cm³/mol. The average Bonchev–Trinajstić information content (AvgIpc) is 3.00. The molecule has 0 radical (unpaired) electrons. The zero-order valence-electron chi connectivity index (χ0n) is 30.2. The molecule has 296 valence electrons. The number of anilines is 4. The number of carbonyl (C=O) groups is 3. The molecule has 0 bridgehead atoms. The molecule has 0 saturated carbocycles. The van der Waals surface area contributed by atoms with Crippen molar-refractivity contribution >= 4 is 81.0 Å². The SMILES string of the molecule is CC(=O)Nc1ccc(S(=O)(=O)O)cc1.CC(=O)Nc1ccc(S(=O)(=O)[O-])cc1.CC(=O)O.Nc1ccc(S(=O)(=O)O)cc1.Nc1ccc(S(=O)(=O)[O-])cc1.[Na+].[Na+]. The van der Waals surface area contributed by atoms with Gasteiger partial charge in [-0.1, -0.05) is 0 Å². The van der Waals surface area contributed by atoms with Crippen LogP contribution in [0.3, 0.4) is 0 Å². The van der Waals surface area contributed by atoms with E-state index in [0.29, 0.717) is 22.7 Å². The number of hydrogen-bond donors (Lipinski definition) is 7. The number of benzene rings is 4. The van der Waals surface area contributed by atoms with E-state index in [9.17, 15) is 52.4 Å². The Hall–Kier alpha value is -3.47. The van der Waals surface area contributed by atoms with Gasteiger partial charge in [0.25, 0.3) is 26.2 Å². The summed E-state index contributed by atoms with van der Waals surface area (Å²) in [5.41, 5.74) is 12.4. The Morgan fingerprint density at radius 1 is 0.482 bits per heavy atom. The van der Waals surface area contributed by atoms with Gasteiger partial charge in [-0.3, -0.25) is 23.5 Å². The van der Waals surface area contributed by atoms with Gasteiger partial charge in [0.2, 0.25) is 11.8 Å². The first-order valence-corrected chi connectivity index (χ1v) is 19.7. The quantitative estimate of drug-likeness (QED) is 0.0555. The number of nitrogens with two attached hydrogens (primary N) is 2. The first-order chi connectivity index (χ1) is 24.5.